The van der Waals surface area contributed by atoms with Crippen LogP contribution in [0.5, 0.6) is 0 Å². The third-order valence-electron chi connectivity index (χ3n) is 3.34. The molecule has 1 heterocycles. The largest absolute Gasteiger partial charge is 0.481 e. The molecule has 0 radical (unpaired) electrons. The molecule has 0 aromatic carbocycles. The van der Waals surface area contributed by atoms with Gasteiger partial charge in [0, 0.05) is 6.07 Å². The molecule has 0 bridgehead atoms. The van der Waals surface area contributed by atoms with Gasteiger partial charge in [0.1, 0.15) is 17.3 Å². The Morgan fingerprint density at radius 3 is 2.68 bits per heavy atom. The van der Waals surface area contributed by atoms with Crippen molar-refractivity contribution < 1.29 is 14.7 Å². The first kappa shape index (κ1) is 13.7. The minimum Gasteiger partial charge on any atom is -0.481 e. The molecule has 2 N–H and O–H groups in total. The number of carboxylic acids is 1. The maximum Gasteiger partial charge on any atom is 0.307 e. The highest BCUT2D eigenvalue weighted by Crippen LogP contribution is 2.37. The number of nitrogens with zero attached hydrogens (tertiary/aromatic N) is 2. The van der Waals surface area contributed by atoms with Crippen LogP contribution in [0, 0.1) is 17.8 Å². The van der Waals surface area contributed by atoms with E-state index in [0.717, 1.165) is 0 Å². The molecule has 1 aromatic rings. The van der Waals surface area contributed by atoms with E-state index in [1.54, 1.807) is 0 Å². The van der Waals surface area contributed by atoms with Crippen molar-refractivity contribution in [2.24, 2.45) is 17.8 Å². The van der Waals surface area contributed by atoms with Gasteiger partial charge in [-0.05, 0) is 18.8 Å². The van der Waals surface area contributed by atoms with Crippen LogP contribution in [0.25, 0.3) is 0 Å². The van der Waals surface area contributed by atoms with E-state index >= 15 is 0 Å². The second kappa shape index (κ2) is 5.52. The number of anilines is 1. The van der Waals surface area contributed by atoms with Gasteiger partial charge in [-0.3, -0.25) is 9.59 Å². The number of aliphatic carboxylic acids is 1. The zero-order valence-corrected chi connectivity index (χ0v) is 11.1. The molecule has 1 amide bonds. The molecular formula is C12H14ClN3O3. The van der Waals surface area contributed by atoms with E-state index in [2.05, 4.69) is 15.3 Å². The molecule has 0 spiro atoms. The lowest BCUT2D eigenvalue weighted by atomic mass is 9.95. The van der Waals surface area contributed by atoms with Crippen LogP contribution in [-0.2, 0) is 9.59 Å². The number of nitrogens with one attached hydrogen (secondary N) is 1. The van der Waals surface area contributed by atoms with Crippen molar-refractivity contribution in [3.8, 4) is 0 Å². The predicted octanol–water partition coefficient (Wildman–Crippen LogP) is 1.82. The lowest BCUT2D eigenvalue weighted by molar-refractivity contribution is -0.145. The molecule has 1 aromatic heterocycles. The lowest BCUT2D eigenvalue weighted by Crippen LogP contribution is -2.30. The van der Waals surface area contributed by atoms with Gasteiger partial charge in [-0.15, -0.1) is 0 Å². The Bertz CT molecular complexity index is 509. The maximum atomic E-state index is 12.1. The molecule has 1 fully saturated rings. The Labute approximate surface area is 115 Å². The first-order valence-electron chi connectivity index (χ1n) is 5.98. The van der Waals surface area contributed by atoms with Crippen LogP contribution in [0.4, 0.5) is 5.82 Å². The second-order valence-corrected chi connectivity index (χ2v) is 5.23. The van der Waals surface area contributed by atoms with E-state index in [1.165, 1.54) is 12.4 Å². The minimum atomic E-state index is -0.926. The molecule has 0 saturated heterocycles. The van der Waals surface area contributed by atoms with Gasteiger partial charge in [0.2, 0.25) is 5.91 Å². The van der Waals surface area contributed by atoms with Gasteiger partial charge >= 0.3 is 5.97 Å². The average molecular weight is 284 g/mol. The Morgan fingerprint density at radius 1 is 1.37 bits per heavy atom. The Morgan fingerprint density at radius 2 is 2.05 bits per heavy atom. The fourth-order valence-electron chi connectivity index (χ4n) is 2.48. The molecule has 1 aliphatic rings. The van der Waals surface area contributed by atoms with Crippen molar-refractivity contribution in [3.05, 3.63) is 17.5 Å². The van der Waals surface area contributed by atoms with E-state index in [0.29, 0.717) is 12.8 Å². The fraction of sp³-hybridized carbons (Fsp3) is 0.500. The van der Waals surface area contributed by atoms with E-state index in [-0.39, 0.29) is 22.8 Å². The summed E-state index contributed by atoms with van der Waals surface area (Å²) >= 11 is 5.69. The summed E-state index contributed by atoms with van der Waals surface area (Å²) in [5.74, 6) is -1.90. The molecule has 2 rings (SSSR count). The number of carbonyl (C=O) groups is 2. The first-order valence-corrected chi connectivity index (χ1v) is 6.36. The summed E-state index contributed by atoms with van der Waals surface area (Å²) in [6.07, 6.45) is 2.34. The van der Waals surface area contributed by atoms with E-state index in [1.807, 2.05) is 6.92 Å². The predicted molar refractivity (Wildman–Crippen MR) is 68.7 cm³/mol. The van der Waals surface area contributed by atoms with Gasteiger partial charge in [0.25, 0.3) is 0 Å². The molecule has 102 valence electrons. The highest BCUT2D eigenvalue weighted by atomic mass is 35.5. The van der Waals surface area contributed by atoms with Crippen LogP contribution in [0.2, 0.25) is 5.15 Å². The van der Waals surface area contributed by atoms with Gasteiger partial charge in [-0.25, -0.2) is 9.97 Å². The highest BCUT2D eigenvalue weighted by Gasteiger charge is 2.41. The number of carboxylic acid groups (broad SMARTS) is 1. The summed E-state index contributed by atoms with van der Waals surface area (Å²) < 4.78 is 0. The van der Waals surface area contributed by atoms with E-state index in [4.69, 9.17) is 16.7 Å². The number of aromatic nitrogens is 2. The van der Waals surface area contributed by atoms with Crippen LogP contribution in [0.3, 0.4) is 0 Å². The molecule has 0 aliphatic heterocycles. The van der Waals surface area contributed by atoms with Crippen LogP contribution < -0.4 is 5.32 Å². The summed E-state index contributed by atoms with van der Waals surface area (Å²) in [5, 5.41) is 11.9. The molecule has 3 atom stereocenters. The third-order valence-corrected chi connectivity index (χ3v) is 3.54. The third kappa shape index (κ3) is 3.20. The van der Waals surface area contributed by atoms with Crippen LogP contribution in [-0.4, -0.2) is 27.0 Å². The molecule has 7 heteroatoms. The molecule has 19 heavy (non-hydrogen) atoms. The number of hydrogen-bond donors (Lipinski definition) is 2. The molecule has 1 unspecified atom stereocenters. The Hall–Kier alpha value is -1.69. The van der Waals surface area contributed by atoms with Crippen LogP contribution >= 0.6 is 11.6 Å². The van der Waals surface area contributed by atoms with Crippen molar-refractivity contribution in [2.45, 2.75) is 19.8 Å². The van der Waals surface area contributed by atoms with Crippen molar-refractivity contribution in [2.75, 3.05) is 5.32 Å². The minimum absolute atomic E-state index is 0.222. The van der Waals surface area contributed by atoms with E-state index in [9.17, 15) is 9.59 Å². The molecular weight excluding hydrogens is 270 g/mol. The average Bonchev–Trinajstić information content (AvgIpc) is 2.71. The quantitative estimate of drug-likeness (QED) is 0.826. The molecule has 1 saturated carbocycles. The monoisotopic (exact) mass is 283 g/mol. The highest BCUT2D eigenvalue weighted by molar-refractivity contribution is 6.29. The second-order valence-electron chi connectivity index (χ2n) is 4.84. The number of amides is 1. The van der Waals surface area contributed by atoms with Gasteiger partial charge < -0.3 is 10.4 Å². The maximum absolute atomic E-state index is 12.1. The van der Waals surface area contributed by atoms with Crippen LogP contribution in [0.1, 0.15) is 19.8 Å². The summed E-state index contributed by atoms with van der Waals surface area (Å²) in [6, 6.07) is 1.42. The van der Waals surface area contributed by atoms with Gasteiger partial charge in [-0.2, -0.15) is 0 Å². The summed E-state index contributed by atoms with van der Waals surface area (Å²) in [6.45, 7) is 1.95. The Balaban J connectivity index is 2.09. The Kier molecular flexibility index (Phi) is 3.99. The topological polar surface area (TPSA) is 92.2 Å². The smallest absolute Gasteiger partial charge is 0.307 e. The van der Waals surface area contributed by atoms with E-state index < -0.39 is 17.8 Å². The number of rotatable bonds is 3. The van der Waals surface area contributed by atoms with Crippen LogP contribution in [0.15, 0.2) is 12.4 Å². The first-order chi connectivity index (χ1) is 8.97. The van der Waals surface area contributed by atoms with Crippen molar-refractivity contribution in [3.63, 3.8) is 0 Å². The fourth-order valence-corrected chi connectivity index (χ4v) is 2.62. The summed E-state index contributed by atoms with van der Waals surface area (Å²) in [5.41, 5.74) is 0. The normalized spacial score (nSPS) is 26.1. The zero-order chi connectivity index (χ0) is 14.0. The lowest BCUT2D eigenvalue weighted by Gasteiger charge is -2.14. The van der Waals surface area contributed by atoms with Gasteiger partial charge in [0.05, 0.1) is 11.8 Å². The number of halogens is 1. The molecule has 1 aliphatic carbocycles. The van der Waals surface area contributed by atoms with Crippen molar-refractivity contribution >= 4 is 29.3 Å². The van der Waals surface area contributed by atoms with Gasteiger partial charge in [0.15, 0.2) is 0 Å². The molecule has 6 nitrogen and oxygen atoms in total. The zero-order valence-electron chi connectivity index (χ0n) is 10.3. The summed E-state index contributed by atoms with van der Waals surface area (Å²) in [7, 11) is 0. The summed E-state index contributed by atoms with van der Waals surface area (Å²) in [4.78, 5) is 30.8. The number of carbonyl (C=O) groups excluding carboxylic acids is 1. The SMILES string of the molecule is CC1C[C@H](C(=O)Nc2cc(Cl)ncn2)[C@H](C(=O)O)C1. The van der Waals surface area contributed by atoms with Gasteiger partial charge in [-0.1, -0.05) is 18.5 Å². The number of hydrogen-bond acceptors (Lipinski definition) is 4. The standard InChI is InChI=1S/C12H14ClN3O3/c1-6-2-7(8(3-6)12(18)19)11(17)16-10-4-9(13)14-5-15-10/h4-8H,2-3H2,1H3,(H,18,19)(H,14,15,16,17)/t6?,7-,8+/m0/s1. The van der Waals surface area contributed by atoms with Crippen molar-refractivity contribution in [1.29, 1.82) is 0 Å². The van der Waals surface area contributed by atoms with Crippen molar-refractivity contribution in [1.82, 2.24) is 9.97 Å².